The molecule has 0 bridgehead atoms. The predicted octanol–water partition coefficient (Wildman–Crippen LogP) is 2.25. The van der Waals surface area contributed by atoms with Gasteiger partial charge < -0.3 is 5.73 Å². The van der Waals surface area contributed by atoms with Crippen molar-refractivity contribution in [1.29, 1.82) is 0 Å². The van der Waals surface area contributed by atoms with E-state index in [9.17, 15) is 8.78 Å². The molecule has 90 valence electrons. The summed E-state index contributed by atoms with van der Waals surface area (Å²) in [6.45, 7) is 0. The molecule has 0 aromatic carbocycles. The van der Waals surface area contributed by atoms with Crippen LogP contribution in [0.3, 0.4) is 0 Å². The first-order valence-corrected chi connectivity index (χ1v) is 5.61. The van der Waals surface area contributed by atoms with Crippen LogP contribution in [0.15, 0.2) is 12.3 Å². The van der Waals surface area contributed by atoms with Crippen LogP contribution in [0.4, 0.5) is 8.78 Å². The van der Waals surface area contributed by atoms with Gasteiger partial charge in [-0.1, -0.05) is 0 Å². The second-order valence-electron chi connectivity index (χ2n) is 4.60. The van der Waals surface area contributed by atoms with Gasteiger partial charge in [-0.25, -0.2) is 8.78 Å². The van der Waals surface area contributed by atoms with Gasteiger partial charge in [-0.3, -0.25) is 4.68 Å². The van der Waals surface area contributed by atoms with E-state index in [-0.39, 0.29) is 24.8 Å². The highest BCUT2D eigenvalue weighted by atomic mass is 19.3. The molecular weight excluding hydrogens is 212 g/mol. The van der Waals surface area contributed by atoms with Crippen molar-refractivity contribution in [3.8, 4) is 0 Å². The third kappa shape index (κ3) is 2.24. The lowest BCUT2D eigenvalue weighted by atomic mass is 9.81. The van der Waals surface area contributed by atoms with Gasteiger partial charge in [0.05, 0.1) is 5.69 Å². The minimum absolute atomic E-state index is 0.0385. The van der Waals surface area contributed by atoms with Crippen LogP contribution < -0.4 is 5.73 Å². The Bertz CT molecular complexity index is 352. The molecule has 1 fully saturated rings. The Morgan fingerprint density at radius 1 is 1.50 bits per heavy atom. The molecule has 1 aromatic rings. The number of aromatic nitrogens is 2. The Balaban J connectivity index is 2.02. The van der Waals surface area contributed by atoms with Crippen LogP contribution in [0.25, 0.3) is 0 Å². The zero-order chi connectivity index (χ0) is 11.8. The van der Waals surface area contributed by atoms with E-state index in [2.05, 4.69) is 5.10 Å². The van der Waals surface area contributed by atoms with E-state index in [4.69, 9.17) is 5.73 Å². The summed E-state index contributed by atoms with van der Waals surface area (Å²) >= 11 is 0. The Hall–Kier alpha value is -0.970. The van der Waals surface area contributed by atoms with Crippen molar-refractivity contribution in [3.63, 3.8) is 0 Å². The van der Waals surface area contributed by atoms with Gasteiger partial charge in [0.1, 0.15) is 0 Å². The van der Waals surface area contributed by atoms with Crippen molar-refractivity contribution in [1.82, 2.24) is 9.78 Å². The van der Waals surface area contributed by atoms with Crippen LogP contribution in [-0.2, 0) is 7.05 Å². The number of aryl methyl sites for hydroxylation is 1. The Morgan fingerprint density at radius 3 is 2.62 bits per heavy atom. The number of hydrogen-bond acceptors (Lipinski definition) is 2. The van der Waals surface area contributed by atoms with Gasteiger partial charge in [0.2, 0.25) is 5.92 Å². The largest absolute Gasteiger partial charge is 0.322 e. The van der Waals surface area contributed by atoms with E-state index in [1.54, 1.807) is 10.9 Å². The molecule has 0 spiro atoms. The van der Waals surface area contributed by atoms with Crippen LogP contribution in [0, 0.1) is 5.92 Å². The van der Waals surface area contributed by atoms with Gasteiger partial charge in [-0.2, -0.15) is 5.10 Å². The molecule has 0 radical (unpaired) electrons. The summed E-state index contributed by atoms with van der Waals surface area (Å²) < 4.78 is 27.7. The molecule has 2 rings (SSSR count). The molecule has 1 aromatic heterocycles. The zero-order valence-electron chi connectivity index (χ0n) is 9.37. The quantitative estimate of drug-likeness (QED) is 0.845. The molecule has 0 saturated heterocycles. The smallest absolute Gasteiger partial charge is 0.248 e. The summed E-state index contributed by atoms with van der Waals surface area (Å²) in [5, 5.41) is 4.05. The van der Waals surface area contributed by atoms with Crippen LogP contribution in [0.1, 0.15) is 37.4 Å². The fourth-order valence-corrected chi connectivity index (χ4v) is 2.37. The second-order valence-corrected chi connectivity index (χ2v) is 4.60. The van der Waals surface area contributed by atoms with Gasteiger partial charge in [-0.05, 0) is 24.8 Å². The lowest BCUT2D eigenvalue weighted by Crippen LogP contribution is -2.31. The molecule has 3 nitrogen and oxygen atoms in total. The van der Waals surface area contributed by atoms with Crippen molar-refractivity contribution in [2.24, 2.45) is 18.7 Å². The van der Waals surface area contributed by atoms with E-state index in [1.807, 2.05) is 13.1 Å². The molecular formula is C11H17F2N3. The van der Waals surface area contributed by atoms with Crippen molar-refractivity contribution < 1.29 is 8.78 Å². The third-order valence-corrected chi connectivity index (χ3v) is 3.47. The van der Waals surface area contributed by atoms with Crippen molar-refractivity contribution >= 4 is 0 Å². The van der Waals surface area contributed by atoms with Gasteiger partial charge in [0.15, 0.2) is 0 Å². The fraction of sp³-hybridized carbons (Fsp3) is 0.727. The molecule has 0 aliphatic heterocycles. The molecule has 1 heterocycles. The molecule has 1 unspecified atom stereocenters. The summed E-state index contributed by atoms with van der Waals surface area (Å²) in [4.78, 5) is 0. The number of nitrogens with zero attached hydrogens (tertiary/aromatic N) is 2. The molecule has 5 heteroatoms. The topological polar surface area (TPSA) is 43.8 Å². The summed E-state index contributed by atoms with van der Waals surface area (Å²) in [7, 11) is 1.83. The van der Waals surface area contributed by atoms with Crippen LogP contribution in [0.2, 0.25) is 0 Å². The number of rotatable bonds is 2. The number of alkyl halides is 2. The molecule has 1 aliphatic carbocycles. The molecule has 1 saturated carbocycles. The second kappa shape index (κ2) is 4.13. The Kier molecular flexibility index (Phi) is 2.97. The fourth-order valence-electron chi connectivity index (χ4n) is 2.37. The highest BCUT2D eigenvalue weighted by Gasteiger charge is 2.37. The number of halogens is 2. The standard InChI is InChI=1S/C11H17F2N3/c1-16-9(4-7-15-16)10(14)8-2-5-11(12,13)6-3-8/h4,7-8,10H,2-3,5-6,14H2,1H3. The maximum Gasteiger partial charge on any atom is 0.248 e. The first-order valence-electron chi connectivity index (χ1n) is 5.61. The summed E-state index contributed by atoms with van der Waals surface area (Å²) in [6.07, 6.45) is 2.61. The minimum Gasteiger partial charge on any atom is -0.322 e. The normalized spacial score (nSPS) is 23.2. The molecule has 0 amide bonds. The van der Waals surface area contributed by atoms with Gasteiger partial charge >= 0.3 is 0 Å². The monoisotopic (exact) mass is 229 g/mol. The van der Waals surface area contributed by atoms with E-state index < -0.39 is 5.92 Å². The predicted molar refractivity (Wildman–Crippen MR) is 57.0 cm³/mol. The Labute approximate surface area is 93.6 Å². The first kappa shape index (κ1) is 11.5. The van der Waals surface area contributed by atoms with Gasteiger partial charge in [0.25, 0.3) is 0 Å². The van der Waals surface area contributed by atoms with Gasteiger partial charge in [0, 0.05) is 32.1 Å². The van der Waals surface area contributed by atoms with E-state index in [0.29, 0.717) is 12.8 Å². The van der Waals surface area contributed by atoms with Crippen LogP contribution in [-0.4, -0.2) is 15.7 Å². The molecule has 16 heavy (non-hydrogen) atoms. The third-order valence-electron chi connectivity index (χ3n) is 3.47. The Morgan fingerprint density at radius 2 is 2.12 bits per heavy atom. The lowest BCUT2D eigenvalue weighted by molar-refractivity contribution is -0.0485. The molecule has 2 N–H and O–H groups in total. The van der Waals surface area contributed by atoms with E-state index in [1.165, 1.54) is 0 Å². The van der Waals surface area contributed by atoms with Gasteiger partial charge in [-0.15, -0.1) is 0 Å². The average Bonchev–Trinajstić information content (AvgIpc) is 2.63. The molecule has 1 atom stereocenters. The van der Waals surface area contributed by atoms with Crippen molar-refractivity contribution in [2.45, 2.75) is 37.6 Å². The van der Waals surface area contributed by atoms with E-state index in [0.717, 1.165) is 5.69 Å². The first-order chi connectivity index (χ1) is 7.49. The number of nitrogens with two attached hydrogens (primary N) is 1. The van der Waals surface area contributed by atoms with E-state index >= 15 is 0 Å². The minimum atomic E-state index is -2.48. The van der Waals surface area contributed by atoms with Crippen LogP contribution in [0.5, 0.6) is 0 Å². The maximum atomic E-state index is 13.0. The van der Waals surface area contributed by atoms with Crippen molar-refractivity contribution in [3.05, 3.63) is 18.0 Å². The van der Waals surface area contributed by atoms with Crippen LogP contribution >= 0.6 is 0 Å². The SMILES string of the molecule is Cn1nccc1C(N)C1CCC(F)(F)CC1. The summed E-state index contributed by atoms with van der Waals surface area (Å²) in [5.41, 5.74) is 7.02. The maximum absolute atomic E-state index is 13.0. The molecule has 1 aliphatic rings. The van der Waals surface area contributed by atoms with Crippen molar-refractivity contribution in [2.75, 3.05) is 0 Å². The highest BCUT2D eigenvalue weighted by molar-refractivity contribution is 5.08. The number of hydrogen-bond donors (Lipinski definition) is 1. The summed E-state index contributed by atoms with van der Waals surface area (Å²) in [5.74, 6) is -2.34. The highest BCUT2D eigenvalue weighted by Crippen LogP contribution is 2.40. The summed E-state index contributed by atoms with van der Waals surface area (Å²) in [6, 6.07) is 1.68. The zero-order valence-corrected chi connectivity index (χ0v) is 9.37. The average molecular weight is 229 g/mol. The lowest BCUT2D eigenvalue weighted by Gasteiger charge is -2.31.